The smallest absolute Gasteiger partial charge is 0.365 e. The Morgan fingerprint density at radius 1 is 1.03 bits per heavy atom. The van der Waals surface area contributed by atoms with Crippen molar-refractivity contribution in [1.29, 1.82) is 0 Å². The first kappa shape index (κ1) is 19.7. The number of carbonyl (C=O) groups excluding carboxylic acids is 1. The van der Waals surface area contributed by atoms with Crippen molar-refractivity contribution in [3.63, 3.8) is 0 Å². The minimum Gasteiger partial charge on any atom is -0.402 e. The third-order valence-corrected chi connectivity index (χ3v) is 5.47. The van der Waals surface area contributed by atoms with Crippen molar-refractivity contribution in [3.05, 3.63) is 84.5 Å². The largest absolute Gasteiger partial charge is 0.402 e. The number of fused-ring (bicyclic) bond motifs is 1. The molecule has 0 spiro atoms. The Kier molecular flexibility index (Phi) is 5.25. The van der Waals surface area contributed by atoms with Crippen molar-refractivity contribution < 1.29 is 9.53 Å². The van der Waals surface area contributed by atoms with Crippen LogP contribution in [-0.2, 0) is 9.53 Å². The SMILES string of the molecule is NC(=Nc1cccnc1)N1CCN(/C=C2/N=C(c3cccc4ccccc34)OC2=O)CC1. The second-order valence-corrected chi connectivity index (χ2v) is 7.55. The Balaban J connectivity index is 1.29. The molecule has 3 heterocycles. The highest BCUT2D eigenvalue weighted by Gasteiger charge is 2.27. The average molecular weight is 426 g/mol. The fourth-order valence-electron chi connectivity index (χ4n) is 3.80. The zero-order valence-corrected chi connectivity index (χ0v) is 17.4. The van der Waals surface area contributed by atoms with Gasteiger partial charge in [0.25, 0.3) is 0 Å². The maximum absolute atomic E-state index is 12.5. The molecule has 32 heavy (non-hydrogen) atoms. The number of esters is 1. The number of hydrogen-bond donors (Lipinski definition) is 1. The van der Waals surface area contributed by atoms with Crippen LogP contribution in [0.25, 0.3) is 10.8 Å². The summed E-state index contributed by atoms with van der Waals surface area (Å²) >= 11 is 0. The van der Waals surface area contributed by atoms with Gasteiger partial charge >= 0.3 is 5.97 Å². The van der Waals surface area contributed by atoms with Gasteiger partial charge in [-0.15, -0.1) is 0 Å². The Bertz CT molecular complexity index is 1240. The van der Waals surface area contributed by atoms with Crippen LogP contribution in [0.5, 0.6) is 0 Å². The summed E-state index contributed by atoms with van der Waals surface area (Å²) in [5.41, 5.74) is 7.99. The van der Waals surface area contributed by atoms with Crippen LogP contribution in [0.4, 0.5) is 5.69 Å². The molecule has 2 aromatic carbocycles. The van der Waals surface area contributed by atoms with E-state index in [1.807, 2.05) is 59.5 Å². The number of nitrogens with zero attached hydrogens (tertiary/aromatic N) is 5. The van der Waals surface area contributed by atoms with E-state index in [4.69, 9.17) is 10.5 Å². The van der Waals surface area contributed by atoms with Gasteiger partial charge in [-0.05, 0) is 29.0 Å². The molecule has 0 aliphatic carbocycles. The van der Waals surface area contributed by atoms with Crippen LogP contribution in [-0.4, -0.2) is 58.8 Å². The maximum Gasteiger partial charge on any atom is 0.365 e. The number of nitrogens with two attached hydrogens (primary N) is 1. The lowest BCUT2D eigenvalue weighted by Crippen LogP contribution is -2.49. The van der Waals surface area contributed by atoms with Gasteiger partial charge in [-0.3, -0.25) is 4.98 Å². The summed E-state index contributed by atoms with van der Waals surface area (Å²) in [5, 5.41) is 2.07. The van der Waals surface area contributed by atoms with Crippen LogP contribution >= 0.6 is 0 Å². The summed E-state index contributed by atoms with van der Waals surface area (Å²) in [6.45, 7) is 2.76. The standard InChI is InChI=1S/C24H22N6O2/c25-24(27-18-7-4-10-26-15-18)30-13-11-29(12-14-30)16-21-23(31)32-22(28-21)20-9-3-6-17-5-1-2-8-19(17)20/h1-10,15-16H,11-14H2,(H2,25,27)/b21-16+. The molecule has 1 aromatic heterocycles. The van der Waals surface area contributed by atoms with E-state index >= 15 is 0 Å². The first-order valence-electron chi connectivity index (χ1n) is 10.4. The van der Waals surface area contributed by atoms with Crippen molar-refractivity contribution in [3.8, 4) is 0 Å². The molecule has 0 atom stereocenters. The first-order chi connectivity index (χ1) is 15.7. The molecule has 0 saturated carbocycles. The molecule has 0 bridgehead atoms. The van der Waals surface area contributed by atoms with Crippen LogP contribution in [0.3, 0.4) is 0 Å². The second kappa shape index (κ2) is 8.50. The number of aliphatic imine (C=N–C) groups is 2. The number of hydrogen-bond acceptors (Lipinski definition) is 6. The minimum atomic E-state index is -0.437. The predicted octanol–water partition coefficient (Wildman–Crippen LogP) is 2.64. The molecule has 0 amide bonds. The lowest BCUT2D eigenvalue weighted by molar-refractivity contribution is -0.130. The Labute approximate surface area is 185 Å². The van der Waals surface area contributed by atoms with Gasteiger partial charge in [0, 0.05) is 44.1 Å². The van der Waals surface area contributed by atoms with E-state index in [1.165, 1.54) is 0 Å². The van der Waals surface area contributed by atoms with Crippen molar-refractivity contribution in [1.82, 2.24) is 14.8 Å². The Morgan fingerprint density at radius 2 is 1.84 bits per heavy atom. The number of piperazine rings is 1. The summed E-state index contributed by atoms with van der Waals surface area (Å²) in [4.78, 5) is 29.5. The third-order valence-electron chi connectivity index (χ3n) is 5.47. The van der Waals surface area contributed by atoms with E-state index in [-0.39, 0.29) is 0 Å². The van der Waals surface area contributed by atoms with Crippen molar-refractivity contribution in [2.24, 2.45) is 15.7 Å². The fourth-order valence-corrected chi connectivity index (χ4v) is 3.80. The van der Waals surface area contributed by atoms with Crippen LogP contribution in [0, 0.1) is 0 Å². The van der Waals surface area contributed by atoms with E-state index in [0.717, 1.165) is 22.0 Å². The highest BCUT2D eigenvalue weighted by Crippen LogP contribution is 2.24. The van der Waals surface area contributed by atoms with Crippen molar-refractivity contribution in [2.75, 3.05) is 26.2 Å². The molecule has 160 valence electrons. The number of cyclic esters (lactones) is 1. The zero-order chi connectivity index (χ0) is 21.9. The molecule has 1 fully saturated rings. The molecule has 8 nitrogen and oxygen atoms in total. The highest BCUT2D eigenvalue weighted by molar-refractivity contribution is 6.16. The molecule has 8 heteroatoms. The van der Waals surface area contributed by atoms with E-state index in [2.05, 4.69) is 19.9 Å². The normalized spacial score (nSPS) is 18.2. The number of guanidine groups is 1. The number of rotatable bonds is 3. The minimum absolute atomic E-state index is 0.304. The van der Waals surface area contributed by atoms with Crippen LogP contribution in [0.1, 0.15) is 5.56 Å². The van der Waals surface area contributed by atoms with Crippen LogP contribution in [0.2, 0.25) is 0 Å². The summed E-state index contributed by atoms with van der Waals surface area (Å²) in [7, 11) is 0. The van der Waals surface area contributed by atoms with Gasteiger partial charge in [-0.2, -0.15) is 0 Å². The summed E-state index contributed by atoms with van der Waals surface area (Å²) in [6.07, 6.45) is 5.14. The van der Waals surface area contributed by atoms with Gasteiger partial charge in [-0.25, -0.2) is 14.8 Å². The fraction of sp³-hybridized carbons (Fsp3) is 0.167. The van der Waals surface area contributed by atoms with Gasteiger partial charge < -0.3 is 20.3 Å². The second-order valence-electron chi connectivity index (χ2n) is 7.55. The molecule has 0 unspecified atom stereocenters. The zero-order valence-electron chi connectivity index (χ0n) is 17.4. The van der Waals surface area contributed by atoms with Gasteiger partial charge in [0.1, 0.15) is 0 Å². The molecule has 3 aromatic rings. The molecular formula is C24H22N6O2. The predicted molar refractivity (Wildman–Crippen MR) is 123 cm³/mol. The molecule has 2 aliphatic rings. The van der Waals surface area contributed by atoms with Gasteiger partial charge in [0.05, 0.1) is 11.9 Å². The van der Waals surface area contributed by atoms with Gasteiger partial charge in [0.2, 0.25) is 5.90 Å². The molecule has 2 aliphatic heterocycles. The topological polar surface area (TPSA) is 96.4 Å². The summed E-state index contributed by atoms with van der Waals surface area (Å²) in [5.74, 6) is 0.361. The lowest BCUT2D eigenvalue weighted by Gasteiger charge is -2.34. The Hall–Kier alpha value is -4.20. The lowest BCUT2D eigenvalue weighted by atomic mass is 10.0. The summed E-state index contributed by atoms with van der Waals surface area (Å²) in [6, 6.07) is 17.5. The first-order valence-corrected chi connectivity index (χ1v) is 10.4. The molecule has 2 N–H and O–H groups in total. The summed E-state index contributed by atoms with van der Waals surface area (Å²) < 4.78 is 5.50. The number of aromatic nitrogens is 1. The molecule has 1 saturated heterocycles. The Morgan fingerprint density at radius 3 is 2.66 bits per heavy atom. The molecular weight excluding hydrogens is 404 g/mol. The average Bonchev–Trinajstić information content (AvgIpc) is 3.19. The van der Waals surface area contributed by atoms with Gasteiger partial charge in [0.15, 0.2) is 11.7 Å². The highest BCUT2D eigenvalue weighted by atomic mass is 16.6. The van der Waals surface area contributed by atoms with Crippen molar-refractivity contribution in [2.45, 2.75) is 0 Å². The van der Waals surface area contributed by atoms with Crippen LogP contribution < -0.4 is 5.73 Å². The number of carbonyl (C=O) groups is 1. The quantitative estimate of drug-likeness (QED) is 0.299. The van der Waals surface area contributed by atoms with E-state index in [9.17, 15) is 4.79 Å². The van der Waals surface area contributed by atoms with E-state index in [1.54, 1.807) is 18.6 Å². The molecule has 0 radical (unpaired) electrons. The van der Waals surface area contributed by atoms with Crippen molar-refractivity contribution >= 4 is 34.3 Å². The number of pyridine rings is 1. The third kappa shape index (κ3) is 4.02. The van der Waals surface area contributed by atoms with Crippen LogP contribution in [0.15, 0.2) is 88.9 Å². The monoisotopic (exact) mass is 426 g/mol. The number of ether oxygens (including phenoxy) is 1. The van der Waals surface area contributed by atoms with E-state index in [0.29, 0.717) is 43.7 Å². The molecule has 5 rings (SSSR count). The van der Waals surface area contributed by atoms with Gasteiger partial charge in [-0.1, -0.05) is 36.4 Å². The van der Waals surface area contributed by atoms with E-state index < -0.39 is 5.97 Å². The maximum atomic E-state index is 12.5. The number of benzene rings is 2.